The smallest absolute Gasteiger partial charge is 0.333 e. The Morgan fingerprint density at radius 2 is 1.18 bits per heavy atom. The number of rotatable bonds is 3. The van der Waals surface area contributed by atoms with Crippen molar-refractivity contribution in [2.75, 3.05) is 0 Å². The molecule has 22 heavy (non-hydrogen) atoms. The Labute approximate surface area is 131 Å². The number of hydrogen-bond acceptors (Lipinski definition) is 5. The second-order valence-electron chi connectivity index (χ2n) is 5.44. The van der Waals surface area contributed by atoms with Crippen molar-refractivity contribution in [2.24, 2.45) is 0 Å². The molecule has 0 saturated heterocycles. The minimum atomic E-state index is -1.19. The average Bonchev–Trinajstić information content (AvgIpc) is 2.27. The summed E-state index contributed by atoms with van der Waals surface area (Å²) in [6, 6.07) is 0. The van der Waals surface area contributed by atoms with E-state index in [0.29, 0.717) is 5.57 Å². The maximum atomic E-state index is 10.8. The van der Waals surface area contributed by atoms with Crippen molar-refractivity contribution in [1.29, 1.82) is 0 Å². The Kier molecular flexibility index (Phi) is 12.7. The van der Waals surface area contributed by atoms with E-state index in [1.165, 1.54) is 13.8 Å². The van der Waals surface area contributed by atoms with E-state index in [4.69, 9.17) is 9.84 Å². The standard InChI is InChI=1S/C8H14O2.2C4H6O2/c1-6(2)7(9)10-8(3,4)5;2*1-3(2)4(5)6/h1H2,2-5H3;2*1H2,2H3,(H,5,6)/p-1. The van der Waals surface area contributed by atoms with Crippen molar-refractivity contribution >= 4 is 17.9 Å². The van der Waals surface area contributed by atoms with E-state index in [-0.39, 0.29) is 17.1 Å². The van der Waals surface area contributed by atoms with Crippen LogP contribution in [0.4, 0.5) is 0 Å². The van der Waals surface area contributed by atoms with Gasteiger partial charge in [-0.3, -0.25) is 0 Å². The van der Waals surface area contributed by atoms with Crippen LogP contribution in [0.5, 0.6) is 0 Å². The molecular weight excluding hydrogens is 288 g/mol. The van der Waals surface area contributed by atoms with E-state index < -0.39 is 17.5 Å². The first kappa shape index (κ1) is 24.6. The molecular formula is C16H25O6-. The van der Waals surface area contributed by atoms with Crippen LogP contribution in [0.3, 0.4) is 0 Å². The van der Waals surface area contributed by atoms with Crippen LogP contribution in [-0.4, -0.2) is 28.6 Å². The maximum absolute atomic E-state index is 10.8. The second-order valence-corrected chi connectivity index (χ2v) is 5.44. The summed E-state index contributed by atoms with van der Waals surface area (Å²) < 4.78 is 4.96. The molecule has 0 aliphatic rings. The van der Waals surface area contributed by atoms with Gasteiger partial charge in [0, 0.05) is 11.1 Å². The van der Waals surface area contributed by atoms with Gasteiger partial charge in [0.05, 0.1) is 5.97 Å². The first-order valence-electron chi connectivity index (χ1n) is 6.26. The van der Waals surface area contributed by atoms with Crippen LogP contribution in [0.15, 0.2) is 36.5 Å². The number of esters is 1. The zero-order chi connectivity index (χ0) is 18.7. The van der Waals surface area contributed by atoms with Crippen LogP contribution < -0.4 is 5.11 Å². The molecule has 0 aromatic carbocycles. The Hall–Kier alpha value is -2.37. The summed E-state index contributed by atoms with van der Waals surface area (Å²) >= 11 is 0. The lowest BCUT2D eigenvalue weighted by Crippen LogP contribution is -2.23. The lowest BCUT2D eigenvalue weighted by molar-refractivity contribution is -0.299. The van der Waals surface area contributed by atoms with Crippen molar-refractivity contribution in [3.8, 4) is 0 Å². The van der Waals surface area contributed by atoms with E-state index in [0.717, 1.165) is 0 Å². The fraction of sp³-hybridized carbons (Fsp3) is 0.438. The Bertz CT molecular complexity index is 404. The van der Waals surface area contributed by atoms with Gasteiger partial charge in [0.25, 0.3) is 0 Å². The largest absolute Gasteiger partial charge is 0.545 e. The molecule has 0 fully saturated rings. The van der Waals surface area contributed by atoms with Gasteiger partial charge in [-0.15, -0.1) is 0 Å². The highest BCUT2D eigenvalue weighted by molar-refractivity contribution is 5.87. The fourth-order valence-electron chi connectivity index (χ4n) is 0.365. The second kappa shape index (κ2) is 11.3. The Morgan fingerprint density at radius 1 is 0.909 bits per heavy atom. The molecule has 0 unspecified atom stereocenters. The molecule has 0 bridgehead atoms. The van der Waals surface area contributed by atoms with Gasteiger partial charge in [-0.2, -0.15) is 0 Å². The van der Waals surface area contributed by atoms with E-state index in [1.54, 1.807) is 6.92 Å². The number of carboxylic acids is 2. The van der Waals surface area contributed by atoms with Crippen LogP contribution >= 0.6 is 0 Å². The summed E-state index contributed by atoms with van der Waals surface area (Å²) in [7, 11) is 0. The number of aliphatic carboxylic acids is 2. The first-order chi connectivity index (χ1) is 9.61. The molecule has 0 amide bonds. The molecule has 6 heteroatoms. The third kappa shape index (κ3) is 22.8. The molecule has 0 radical (unpaired) electrons. The number of hydrogen-bond donors (Lipinski definition) is 1. The molecule has 1 N–H and O–H groups in total. The molecule has 0 spiro atoms. The molecule has 0 aliphatic carbocycles. The summed E-state index contributed by atoms with van der Waals surface area (Å²) in [5.74, 6) is -2.45. The highest BCUT2D eigenvalue weighted by atomic mass is 16.6. The number of carbonyl (C=O) groups excluding carboxylic acids is 2. The maximum Gasteiger partial charge on any atom is 0.333 e. The van der Waals surface area contributed by atoms with Crippen molar-refractivity contribution in [2.45, 2.75) is 47.1 Å². The summed E-state index contributed by atoms with van der Waals surface area (Å²) in [5.41, 5.74) is 0.274. The number of ether oxygens (including phenoxy) is 1. The first-order valence-corrected chi connectivity index (χ1v) is 6.26. The molecule has 0 atom stereocenters. The van der Waals surface area contributed by atoms with Gasteiger partial charge in [0.2, 0.25) is 0 Å². The summed E-state index contributed by atoms with van der Waals surface area (Å²) in [6.45, 7) is 19.7. The average molecular weight is 313 g/mol. The Balaban J connectivity index is -0.000000261. The van der Waals surface area contributed by atoms with Gasteiger partial charge in [0.15, 0.2) is 0 Å². The highest BCUT2D eigenvalue weighted by Gasteiger charge is 2.15. The molecule has 6 nitrogen and oxygen atoms in total. The topological polar surface area (TPSA) is 104 Å². The van der Waals surface area contributed by atoms with Gasteiger partial charge in [0.1, 0.15) is 5.60 Å². The van der Waals surface area contributed by atoms with Gasteiger partial charge >= 0.3 is 11.9 Å². The van der Waals surface area contributed by atoms with Crippen molar-refractivity contribution in [3.63, 3.8) is 0 Å². The zero-order valence-corrected chi connectivity index (χ0v) is 14.1. The molecule has 0 aromatic rings. The fourth-order valence-corrected chi connectivity index (χ4v) is 0.365. The number of carbonyl (C=O) groups is 3. The molecule has 0 aromatic heterocycles. The lowest BCUT2D eigenvalue weighted by Gasteiger charge is -2.19. The number of carboxylic acid groups (broad SMARTS) is 2. The van der Waals surface area contributed by atoms with Gasteiger partial charge < -0.3 is 19.7 Å². The van der Waals surface area contributed by atoms with Crippen molar-refractivity contribution in [3.05, 3.63) is 36.5 Å². The van der Waals surface area contributed by atoms with Crippen LogP contribution in [0.1, 0.15) is 41.5 Å². The molecule has 126 valence electrons. The summed E-state index contributed by atoms with van der Waals surface area (Å²) in [4.78, 5) is 29.9. The minimum Gasteiger partial charge on any atom is -0.545 e. The predicted octanol–water partition coefficient (Wildman–Crippen LogP) is 1.86. The zero-order valence-electron chi connectivity index (χ0n) is 14.1. The third-order valence-corrected chi connectivity index (χ3v) is 1.46. The SMILES string of the molecule is C=C(C)C(=O)O.C=C(C)C(=O)OC(C)(C)C.C=C(C)C(=O)[O-]. The van der Waals surface area contributed by atoms with Gasteiger partial charge in [-0.05, 0) is 47.1 Å². The monoisotopic (exact) mass is 313 g/mol. The molecule has 0 aliphatic heterocycles. The summed E-state index contributed by atoms with van der Waals surface area (Å²) in [6.07, 6.45) is 0. The van der Waals surface area contributed by atoms with E-state index in [9.17, 15) is 19.5 Å². The molecule has 0 saturated carbocycles. The van der Waals surface area contributed by atoms with Crippen LogP contribution in [0, 0.1) is 0 Å². The lowest BCUT2D eigenvalue weighted by atomic mass is 10.2. The van der Waals surface area contributed by atoms with Crippen LogP contribution in [0.2, 0.25) is 0 Å². The van der Waals surface area contributed by atoms with Crippen LogP contribution in [-0.2, 0) is 19.1 Å². The molecule has 0 rings (SSSR count). The third-order valence-electron chi connectivity index (χ3n) is 1.46. The van der Waals surface area contributed by atoms with Crippen LogP contribution in [0.25, 0.3) is 0 Å². The normalized spacial score (nSPS) is 9.00. The van der Waals surface area contributed by atoms with Gasteiger partial charge in [-0.1, -0.05) is 19.7 Å². The van der Waals surface area contributed by atoms with E-state index in [2.05, 4.69) is 19.7 Å². The molecule has 0 heterocycles. The van der Waals surface area contributed by atoms with Crippen molar-refractivity contribution in [1.82, 2.24) is 0 Å². The van der Waals surface area contributed by atoms with E-state index >= 15 is 0 Å². The van der Waals surface area contributed by atoms with E-state index in [1.807, 2.05) is 20.8 Å². The summed E-state index contributed by atoms with van der Waals surface area (Å²) in [5, 5.41) is 17.4. The quantitative estimate of drug-likeness (QED) is 0.630. The predicted molar refractivity (Wildman–Crippen MR) is 82.9 cm³/mol. The Morgan fingerprint density at radius 3 is 1.23 bits per heavy atom. The van der Waals surface area contributed by atoms with Gasteiger partial charge in [-0.25, -0.2) is 9.59 Å². The highest BCUT2D eigenvalue weighted by Crippen LogP contribution is 2.09. The van der Waals surface area contributed by atoms with Crippen molar-refractivity contribution < 1.29 is 29.3 Å². The minimum absolute atomic E-state index is 0.0648.